The van der Waals surface area contributed by atoms with Crippen molar-refractivity contribution in [2.45, 2.75) is 4.90 Å². The van der Waals surface area contributed by atoms with Gasteiger partial charge in [0.05, 0.1) is 5.56 Å². The molecule has 6 heteroatoms. The second kappa shape index (κ2) is 4.32. The predicted octanol–water partition coefficient (Wildman–Crippen LogP) is 1.47. The fourth-order valence-corrected chi connectivity index (χ4v) is 2.49. The van der Waals surface area contributed by atoms with Crippen molar-refractivity contribution in [1.29, 1.82) is 0 Å². The van der Waals surface area contributed by atoms with E-state index in [1.165, 1.54) is 12.1 Å². The summed E-state index contributed by atoms with van der Waals surface area (Å²) in [5.41, 5.74) is -0.300. The molecular formula is C12H8O5S. The van der Waals surface area contributed by atoms with Gasteiger partial charge in [-0.05, 0) is 16.8 Å². The van der Waals surface area contributed by atoms with Gasteiger partial charge < -0.3 is 0 Å². The maximum Gasteiger partial charge on any atom is 0.295 e. The van der Waals surface area contributed by atoms with Crippen molar-refractivity contribution in [3.8, 4) is 0 Å². The van der Waals surface area contributed by atoms with Gasteiger partial charge in [-0.15, -0.1) is 0 Å². The van der Waals surface area contributed by atoms with Gasteiger partial charge >= 0.3 is 0 Å². The first kappa shape index (κ1) is 12.4. The normalized spacial score (nSPS) is 11.4. The highest BCUT2D eigenvalue weighted by Crippen LogP contribution is 2.25. The van der Waals surface area contributed by atoms with Gasteiger partial charge in [0, 0.05) is 0 Å². The molecule has 2 aromatic rings. The van der Waals surface area contributed by atoms with Crippen molar-refractivity contribution in [1.82, 2.24) is 0 Å². The molecule has 2 aromatic carbocycles. The van der Waals surface area contributed by atoms with Crippen LogP contribution in [0, 0.1) is 0 Å². The minimum absolute atomic E-state index is 0.0243. The van der Waals surface area contributed by atoms with E-state index in [9.17, 15) is 18.0 Å². The fraction of sp³-hybridized carbons (Fsp3) is 0. The van der Waals surface area contributed by atoms with Crippen LogP contribution in [0.15, 0.2) is 41.3 Å². The Bertz CT molecular complexity index is 746. The largest absolute Gasteiger partial charge is 0.295 e. The zero-order chi connectivity index (χ0) is 13.3. The smallest absolute Gasteiger partial charge is 0.294 e. The molecule has 0 unspecified atom stereocenters. The van der Waals surface area contributed by atoms with Crippen molar-refractivity contribution in [3.63, 3.8) is 0 Å². The highest BCUT2D eigenvalue weighted by atomic mass is 32.2. The fourth-order valence-electron chi connectivity index (χ4n) is 1.78. The lowest BCUT2D eigenvalue weighted by atomic mass is 10.0. The summed E-state index contributed by atoms with van der Waals surface area (Å²) in [6.45, 7) is 0. The molecule has 1 N–H and O–H groups in total. The molecule has 0 fully saturated rings. The minimum Gasteiger partial charge on any atom is -0.294 e. The lowest BCUT2D eigenvalue weighted by molar-refractivity contribution is -0.104. The zero-order valence-corrected chi connectivity index (χ0v) is 9.85. The maximum atomic E-state index is 11.6. The average Bonchev–Trinajstić information content (AvgIpc) is 2.35. The summed E-state index contributed by atoms with van der Waals surface area (Å²) in [4.78, 5) is 21.6. The van der Waals surface area contributed by atoms with E-state index in [0.29, 0.717) is 10.8 Å². The number of carbonyl (C=O) groups excluding carboxylic acids is 2. The molecule has 0 radical (unpaired) electrons. The van der Waals surface area contributed by atoms with Crippen molar-refractivity contribution in [2.75, 3.05) is 0 Å². The quantitative estimate of drug-likeness (QED) is 0.392. The molecule has 0 heterocycles. The number of hydrogen-bond acceptors (Lipinski definition) is 4. The first-order valence-electron chi connectivity index (χ1n) is 4.94. The molecule has 0 aromatic heterocycles. The van der Waals surface area contributed by atoms with Crippen molar-refractivity contribution >= 4 is 33.0 Å². The molecule has 0 saturated carbocycles. The van der Waals surface area contributed by atoms with Crippen LogP contribution in [-0.2, 0) is 14.9 Å². The second-order valence-electron chi connectivity index (χ2n) is 3.62. The molecule has 0 aliphatic heterocycles. The molecular weight excluding hydrogens is 256 g/mol. The van der Waals surface area contributed by atoms with Crippen LogP contribution in [0.3, 0.4) is 0 Å². The van der Waals surface area contributed by atoms with E-state index in [1.807, 2.05) is 0 Å². The monoisotopic (exact) mass is 264 g/mol. The van der Waals surface area contributed by atoms with Crippen molar-refractivity contribution in [2.24, 2.45) is 0 Å². The van der Waals surface area contributed by atoms with Crippen LogP contribution in [0.5, 0.6) is 0 Å². The third kappa shape index (κ3) is 2.03. The summed E-state index contributed by atoms with van der Waals surface area (Å²) < 4.78 is 31.5. The van der Waals surface area contributed by atoms with Gasteiger partial charge in [-0.2, -0.15) is 8.42 Å². The standard InChI is InChI=1S/C12H8O5S/c13-7-10(14)12-9-4-2-1-3-8(9)5-6-11(12)18(15,16)17/h1-7H,(H,15,16,17). The van der Waals surface area contributed by atoms with Crippen LogP contribution in [0.1, 0.15) is 10.4 Å². The Morgan fingerprint density at radius 1 is 1.11 bits per heavy atom. The van der Waals surface area contributed by atoms with Crippen molar-refractivity contribution in [3.05, 3.63) is 42.0 Å². The number of rotatable bonds is 3. The molecule has 0 spiro atoms. The van der Waals surface area contributed by atoms with Gasteiger partial charge in [-0.3, -0.25) is 14.1 Å². The summed E-state index contributed by atoms with van der Waals surface area (Å²) in [6.07, 6.45) is 0.0243. The third-order valence-corrected chi connectivity index (χ3v) is 3.42. The van der Waals surface area contributed by atoms with E-state index in [-0.39, 0.29) is 11.8 Å². The van der Waals surface area contributed by atoms with Crippen LogP contribution < -0.4 is 0 Å². The number of fused-ring (bicyclic) bond motifs is 1. The Morgan fingerprint density at radius 2 is 1.78 bits per heavy atom. The van der Waals surface area contributed by atoms with Gasteiger partial charge in [-0.1, -0.05) is 30.3 Å². The van der Waals surface area contributed by atoms with E-state index < -0.39 is 20.8 Å². The maximum absolute atomic E-state index is 11.6. The summed E-state index contributed by atoms with van der Waals surface area (Å²) in [5, 5.41) is 0.917. The molecule has 0 amide bonds. The lowest BCUT2D eigenvalue weighted by Gasteiger charge is -2.07. The van der Waals surface area contributed by atoms with E-state index in [1.54, 1.807) is 18.2 Å². The summed E-state index contributed by atoms with van der Waals surface area (Å²) in [7, 11) is -4.56. The molecule has 2 rings (SSSR count). The number of hydrogen-bond donors (Lipinski definition) is 1. The van der Waals surface area contributed by atoms with Crippen LogP contribution in [0.2, 0.25) is 0 Å². The van der Waals surface area contributed by atoms with Gasteiger partial charge in [0.15, 0.2) is 6.29 Å². The Hall–Kier alpha value is -2.05. The van der Waals surface area contributed by atoms with Crippen LogP contribution in [0.4, 0.5) is 0 Å². The van der Waals surface area contributed by atoms with Gasteiger partial charge in [0.2, 0.25) is 5.78 Å². The first-order chi connectivity index (χ1) is 8.45. The molecule has 0 aliphatic rings. The van der Waals surface area contributed by atoms with Crippen LogP contribution in [0.25, 0.3) is 10.8 Å². The number of Topliss-reactive ketones (excluding diaryl/α,β-unsaturated/α-hetero) is 1. The Labute approximate surface area is 103 Å². The van der Waals surface area contributed by atoms with E-state index in [2.05, 4.69) is 0 Å². The van der Waals surface area contributed by atoms with Gasteiger partial charge in [0.1, 0.15) is 4.90 Å². The number of aldehydes is 1. The van der Waals surface area contributed by atoms with E-state index in [0.717, 1.165) is 6.07 Å². The predicted molar refractivity (Wildman–Crippen MR) is 64.2 cm³/mol. The molecule has 5 nitrogen and oxygen atoms in total. The van der Waals surface area contributed by atoms with Gasteiger partial charge in [-0.25, -0.2) is 0 Å². The molecule has 0 aliphatic carbocycles. The number of carbonyl (C=O) groups is 2. The zero-order valence-electron chi connectivity index (χ0n) is 9.03. The third-order valence-electron chi connectivity index (χ3n) is 2.52. The number of benzene rings is 2. The summed E-state index contributed by atoms with van der Waals surface area (Å²) in [5.74, 6) is -0.987. The van der Waals surface area contributed by atoms with Crippen LogP contribution >= 0.6 is 0 Å². The van der Waals surface area contributed by atoms with Crippen molar-refractivity contribution < 1.29 is 22.6 Å². The van der Waals surface area contributed by atoms with Crippen LogP contribution in [-0.4, -0.2) is 25.0 Å². The highest BCUT2D eigenvalue weighted by Gasteiger charge is 2.22. The molecule has 0 saturated heterocycles. The number of ketones is 1. The topological polar surface area (TPSA) is 88.5 Å². The highest BCUT2D eigenvalue weighted by molar-refractivity contribution is 7.86. The molecule has 18 heavy (non-hydrogen) atoms. The summed E-state index contributed by atoms with van der Waals surface area (Å²) in [6, 6.07) is 9.07. The summed E-state index contributed by atoms with van der Waals surface area (Å²) >= 11 is 0. The lowest BCUT2D eigenvalue weighted by Crippen LogP contribution is -2.10. The Balaban J connectivity index is 2.97. The van der Waals surface area contributed by atoms with Gasteiger partial charge in [0.25, 0.3) is 10.1 Å². The Kier molecular flexibility index (Phi) is 2.98. The first-order valence-corrected chi connectivity index (χ1v) is 6.38. The second-order valence-corrected chi connectivity index (χ2v) is 5.01. The molecule has 0 atom stereocenters. The average molecular weight is 264 g/mol. The van der Waals surface area contributed by atoms with E-state index >= 15 is 0 Å². The SMILES string of the molecule is O=CC(=O)c1c(S(=O)(=O)O)ccc2ccccc12. The Morgan fingerprint density at radius 3 is 2.39 bits per heavy atom. The van der Waals surface area contributed by atoms with E-state index in [4.69, 9.17) is 4.55 Å². The molecule has 0 bridgehead atoms. The minimum atomic E-state index is -4.56. The molecule has 92 valence electrons.